The Morgan fingerprint density at radius 2 is 2.17 bits per heavy atom. The fourth-order valence-electron chi connectivity index (χ4n) is 2.82. The summed E-state index contributed by atoms with van der Waals surface area (Å²) in [5.41, 5.74) is 1.05. The number of carbonyl (C=O) groups excluding carboxylic acids is 1. The van der Waals surface area contributed by atoms with E-state index in [2.05, 4.69) is 10.1 Å². The number of aliphatic hydroxyl groups excluding tert-OH is 1. The molecular formula is C17H21N3O4. The molecule has 1 aromatic carbocycles. The monoisotopic (exact) mass is 331 g/mol. The maximum Gasteiger partial charge on any atom is 0.378 e. The van der Waals surface area contributed by atoms with Crippen LogP contribution >= 0.6 is 0 Å². The molecule has 0 radical (unpaired) electrons. The minimum absolute atomic E-state index is 0.00510. The first-order valence-corrected chi connectivity index (χ1v) is 8.07. The van der Waals surface area contributed by atoms with Gasteiger partial charge in [-0.15, -0.1) is 5.10 Å². The van der Waals surface area contributed by atoms with E-state index in [9.17, 15) is 9.90 Å². The molecule has 0 spiro atoms. The van der Waals surface area contributed by atoms with Crippen LogP contribution in [0.5, 0.6) is 0 Å². The van der Waals surface area contributed by atoms with Crippen LogP contribution < -0.4 is 0 Å². The summed E-state index contributed by atoms with van der Waals surface area (Å²) >= 11 is 0. The fraction of sp³-hybridized carbons (Fsp3) is 0.471. The van der Waals surface area contributed by atoms with Gasteiger partial charge in [0.2, 0.25) is 0 Å². The van der Waals surface area contributed by atoms with Crippen LogP contribution in [0.3, 0.4) is 0 Å². The standard InChI is InChI=1S/C17H21N3O4/c1-3-23-17(22)15-18-16-14(9-13(11(2)21)20(16)19-15)24-10-12-7-5-4-6-8-12/h4-8,11,13-14,21H,3,9-10H2,1-2H3. The molecule has 7 heteroatoms. The van der Waals surface area contributed by atoms with E-state index < -0.39 is 12.1 Å². The van der Waals surface area contributed by atoms with Crippen molar-refractivity contribution in [2.24, 2.45) is 0 Å². The van der Waals surface area contributed by atoms with E-state index in [1.54, 1.807) is 18.5 Å². The molecule has 0 saturated heterocycles. The van der Waals surface area contributed by atoms with Gasteiger partial charge in [0.1, 0.15) is 6.10 Å². The van der Waals surface area contributed by atoms with Crippen molar-refractivity contribution in [1.82, 2.24) is 14.8 Å². The number of carbonyl (C=O) groups is 1. The smallest absolute Gasteiger partial charge is 0.378 e. The van der Waals surface area contributed by atoms with Crippen LogP contribution in [0.1, 0.15) is 54.4 Å². The Bertz CT molecular complexity index is 699. The van der Waals surface area contributed by atoms with Gasteiger partial charge in [-0.1, -0.05) is 30.3 Å². The average molecular weight is 331 g/mol. The minimum Gasteiger partial charge on any atom is -0.460 e. The third-order valence-electron chi connectivity index (χ3n) is 4.02. The Kier molecular flexibility index (Phi) is 4.92. The van der Waals surface area contributed by atoms with Gasteiger partial charge in [-0.25, -0.2) is 14.5 Å². The zero-order valence-corrected chi connectivity index (χ0v) is 13.8. The van der Waals surface area contributed by atoms with Gasteiger partial charge in [0.25, 0.3) is 5.82 Å². The summed E-state index contributed by atoms with van der Waals surface area (Å²) in [7, 11) is 0. The number of benzene rings is 1. The maximum absolute atomic E-state index is 11.8. The molecule has 2 aromatic rings. The van der Waals surface area contributed by atoms with Crippen molar-refractivity contribution in [2.45, 2.75) is 45.1 Å². The van der Waals surface area contributed by atoms with Gasteiger partial charge >= 0.3 is 5.97 Å². The third-order valence-corrected chi connectivity index (χ3v) is 4.02. The largest absolute Gasteiger partial charge is 0.460 e. The van der Waals surface area contributed by atoms with E-state index in [1.165, 1.54) is 0 Å². The van der Waals surface area contributed by atoms with Gasteiger partial charge < -0.3 is 14.6 Å². The van der Waals surface area contributed by atoms with Crippen molar-refractivity contribution >= 4 is 5.97 Å². The van der Waals surface area contributed by atoms with Gasteiger partial charge in [0.05, 0.1) is 25.4 Å². The van der Waals surface area contributed by atoms with Crippen molar-refractivity contribution in [2.75, 3.05) is 6.61 Å². The van der Waals surface area contributed by atoms with E-state index in [4.69, 9.17) is 9.47 Å². The first-order chi connectivity index (χ1) is 11.6. The second-order valence-electron chi connectivity index (χ2n) is 5.79. The molecule has 3 atom stereocenters. The molecule has 0 amide bonds. The highest BCUT2D eigenvalue weighted by Gasteiger charge is 2.38. The van der Waals surface area contributed by atoms with Crippen LogP contribution in [-0.4, -0.2) is 38.6 Å². The van der Waals surface area contributed by atoms with Crippen LogP contribution in [0, 0.1) is 0 Å². The van der Waals surface area contributed by atoms with E-state index in [0.29, 0.717) is 18.9 Å². The van der Waals surface area contributed by atoms with Crippen LogP contribution in [0.15, 0.2) is 30.3 Å². The second-order valence-corrected chi connectivity index (χ2v) is 5.79. The van der Waals surface area contributed by atoms with E-state index in [0.717, 1.165) is 5.56 Å². The second kappa shape index (κ2) is 7.11. The Balaban J connectivity index is 1.79. The molecule has 24 heavy (non-hydrogen) atoms. The Morgan fingerprint density at radius 3 is 2.83 bits per heavy atom. The first kappa shape index (κ1) is 16.6. The molecule has 1 aromatic heterocycles. The molecule has 0 bridgehead atoms. The summed E-state index contributed by atoms with van der Waals surface area (Å²) in [6.07, 6.45) is -0.366. The number of aliphatic hydroxyl groups is 1. The Morgan fingerprint density at radius 1 is 1.42 bits per heavy atom. The van der Waals surface area contributed by atoms with Crippen molar-refractivity contribution in [3.63, 3.8) is 0 Å². The third kappa shape index (κ3) is 3.32. The summed E-state index contributed by atoms with van der Waals surface area (Å²) in [6.45, 7) is 4.11. The van der Waals surface area contributed by atoms with Crippen molar-refractivity contribution < 1.29 is 19.4 Å². The van der Waals surface area contributed by atoms with Gasteiger partial charge in [0.15, 0.2) is 5.82 Å². The number of ether oxygens (including phenoxy) is 2. The van der Waals surface area contributed by atoms with Crippen molar-refractivity contribution in [3.8, 4) is 0 Å². The van der Waals surface area contributed by atoms with Crippen LogP contribution in [0.2, 0.25) is 0 Å². The normalized spacial score (nSPS) is 20.6. The molecule has 0 fully saturated rings. The maximum atomic E-state index is 11.8. The zero-order chi connectivity index (χ0) is 17.1. The molecule has 2 heterocycles. The molecular weight excluding hydrogens is 310 g/mol. The lowest BCUT2D eigenvalue weighted by atomic mass is 10.1. The molecule has 7 nitrogen and oxygen atoms in total. The SMILES string of the molecule is CCOC(=O)c1nc2n(n1)C(C(C)O)CC2OCc1ccccc1. The molecule has 128 valence electrons. The molecule has 3 unspecified atom stereocenters. The lowest BCUT2D eigenvalue weighted by Gasteiger charge is -2.15. The Labute approximate surface area is 140 Å². The van der Waals surface area contributed by atoms with Crippen LogP contribution in [0.25, 0.3) is 0 Å². The lowest BCUT2D eigenvalue weighted by molar-refractivity contribution is 0.0253. The van der Waals surface area contributed by atoms with Crippen molar-refractivity contribution in [3.05, 3.63) is 47.5 Å². The topological polar surface area (TPSA) is 86.5 Å². The van der Waals surface area contributed by atoms with Crippen molar-refractivity contribution in [1.29, 1.82) is 0 Å². The van der Waals surface area contributed by atoms with E-state index >= 15 is 0 Å². The molecule has 3 rings (SSSR count). The molecule has 1 aliphatic rings. The van der Waals surface area contributed by atoms with Gasteiger partial charge in [-0.2, -0.15) is 0 Å². The van der Waals surface area contributed by atoms with Gasteiger partial charge in [0, 0.05) is 6.42 Å². The minimum atomic E-state index is -0.620. The van der Waals surface area contributed by atoms with Gasteiger partial charge in [-0.3, -0.25) is 0 Å². The number of esters is 1. The summed E-state index contributed by atoms with van der Waals surface area (Å²) < 4.78 is 12.5. The number of hydrogen-bond acceptors (Lipinski definition) is 6. The average Bonchev–Trinajstić information content (AvgIpc) is 3.13. The van der Waals surface area contributed by atoms with E-state index in [-0.39, 0.29) is 24.6 Å². The summed E-state index contributed by atoms with van der Waals surface area (Å²) in [5, 5.41) is 14.2. The first-order valence-electron chi connectivity index (χ1n) is 8.07. The molecule has 0 aliphatic carbocycles. The predicted octanol–water partition coefficient (Wildman–Crippen LogP) is 2.04. The highest BCUT2D eigenvalue weighted by atomic mass is 16.5. The van der Waals surface area contributed by atoms with E-state index in [1.807, 2.05) is 30.3 Å². The molecule has 0 saturated carbocycles. The predicted molar refractivity (Wildman–Crippen MR) is 85.3 cm³/mol. The number of rotatable bonds is 6. The number of aromatic nitrogens is 3. The quantitative estimate of drug-likeness (QED) is 0.815. The lowest BCUT2D eigenvalue weighted by Crippen LogP contribution is -2.20. The highest BCUT2D eigenvalue weighted by molar-refractivity contribution is 5.85. The van der Waals surface area contributed by atoms with Crippen LogP contribution in [-0.2, 0) is 16.1 Å². The Hall–Kier alpha value is -2.25. The number of fused-ring (bicyclic) bond motifs is 1. The number of hydrogen-bond donors (Lipinski definition) is 1. The molecule has 1 N–H and O–H groups in total. The highest BCUT2D eigenvalue weighted by Crippen LogP contribution is 2.37. The fourth-order valence-corrected chi connectivity index (χ4v) is 2.82. The molecule has 1 aliphatic heterocycles. The zero-order valence-electron chi connectivity index (χ0n) is 13.8. The summed E-state index contributed by atoms with van der Waals surface area (Å²) in [4.78, 5) is 16.1. The summed E-state index contributed by atoms with van der Waals surface area (Å²) in [5.74, 6) is -0.00375. The number of nitrogens with zero attached hydrogens (tertiary/aromatic N) is 3. The van der Waals surface area contributed by atoms with Crippen LogP contribution in [0.4, 0.5) is 0 Å². The summed E-state index contributed by atoms with van der Waals surface area (Å²) in [6, 6.07) is 9.55. The van der Waals surface area contributed by atoms with Gasteiger partial charge in [-0.05, 0) is 19.4 Å².